The second kappa shape index (κ2) is 6.23. The lowest BCUT2D eigenvalue weighted by atomic mass is 9.92. The van der Waals surface area contributed by atoms with E-state index in [9.17, 15) is 13.9 Å². The summed E-state index contributed by atoms with van der Waals surface area (Å²) >= 11 is 0. The Bertz CT molecular complexity index is 657. The lowest BCUT2D eigenvalue weighted by molar-refractivity contribution is 0.115. The van der Waals surface area contributed by atoms with Crippen molar-refractivity contribution in [2.75, 3.05) is 24.6 Å². The van der Waals surface area contributed by atoms with Crippen molar-refractivity contribution >= 4 is 6.01 Å². The predicted octanol–water partition coefficient (Wildman–Crippen LogP) is 2.00. The van der Waals surface area contributed by atoms with Gasteiger partial charge < -0.3 is 14.4 Å². The zero-order chi connectivity index (χ0) is 16.6. The molecule has 0 aromatic carbocycles. The van der Waals surface area contributed by atoms with Crippen LogP contribution in [-0.4, -0.2) is 44.8 Å². The predicted molar refractivity (Wildman–Crippen MR) is 77.4 cm³/mol. The molecule has 0 spiro atoms. The van der Waals surface area contributed by atoms with Crippen molar-refractivity contribution in [2.45, 2.75) is 32.2 Å². The average molecular weight is 327 g/mol. The fourth-order valence-electron chi connectivity index (χ4n) is 2.86. The third-order valence-corrected chi connectivity index (χ3v) is 4.14. The summed E-state index contributed by atoms with van der Waals surface area (Å²) in [7, 11) is 0. The number of alkyl halides is 2. The molecule has 0 aliphatic carbocycles. The maximum atomic E-state index is 12.6. The van der Waals surface area contributed by atoms with Crippen LogP contribution in [0.15, 0.2) is 16.8 Å². The highest BCUT2D eigenvalue weighted by Crippen LogP contribution is 2.35. The minimum Gasteiger partial charge on any atom is -0.402 e. The first-order valence-corrected chi connectivity index (χ1v) is 7.51. The molecular weight excluding hydrogens is 308 g/mol. The van der Waals surface area contributed by atoms with Gasteiger partial charge in [0.1, 0.15) is 0 Å². The first-order chi connectivity index (χ1) is 11.0. The summed E-state index contributed by atoms with van der Waals surface area (Å²) in [4.78, 5) is 1.73. The molecule has 3 heterocycles. The Balaban J connectivity index is 1.79. The van der Waals surface area contributed by atoms with E-state index in [-0.39, 0.29) is 30.5 Å². The second-order valence-electron chi connectivity index (χ2n) is 6.03. The minimum absolute atomic E-state index is 0.0101. The Kier molecular flexibility index (Phi) is 4.29. The first-order valence-electron chi connectivity index (χ1n) is 7.51. The number of rotatable bonds is 5. The molecule has 3 rings (SSSR count). The quantitative estimate of drug-likeness (QED) is 0.905. The highest BCUT2D eigenvalue weighted by Gasteiger charge is 2.36. The summed E-state index contributed by atoms with van der Waals surface area (Å²) in [6.45, 7) is 5.04. The molecule has 2 atom stereocenters. The van der Waals surface area contributed by atoms with E-state index < -0.39 is 12.3 Å². The summed E-state index contributed by atoms with van der Waals surface area (Å²) < 4.78 is 32.0. The van der Waals surface area contributed by atoms with E-state index >= 15 is 0 Å². The molecular formula is C14H19F2N5O2. The fourth-order valence-corrected chi connectivity index (χ4v) is 2.86. The van der Waals surface area contributed by atoms with Crippen LogP contribution in [0.5, 0.6) is 0 Å². The molecule has 1 fully saturated rings. The Morgan fingerprint density at radius 2 is 2.13 bits per heavy atom. The van der Waals surface area contributed by atoms with Gasteiger partial charge in [-0.3, -0.25) is 4.68 Å². The molecule has 2 aromatic heterocycles. The van der Waals surface area contributed by atoms with Gasteiger partial charge in [0, 0.05) is 43.8 Å². The molecule has 0 saturated carbocycles. The van der Waals surface area contributed by atoms with Gasteiger partial charge in [0.2, 0.25) is 0 Å². The van der Waals surface area contributed by atoms with Crippen molar-refractivity contribution in [3.63, 3.8) is 0 Å². The maximum Gasteiger partial charge on any atom is 0.318 e. The zero-order valence-corrected chi connectivity index (χ0v) is 12.9. The molecule has 23 heavy (non-hydrogen) atoms. The summed E-state index contributed by atoms with van der Waals surface area (Å²) in [6.07, 6.45) is 0.960. The number of nitrogens with zero attached hydrogens (tertiary/aromatic N) is 5. The van der Waals surface area contributed by atoms with Crippen LogP contribution in [0, 0.1) is 5.92 Å². The van der Waals surface area contributed by atoms with E-state index in [0.717, 1.165) is 5.56 Å². The van der Waals surface area contributed by atoms with Crippen molar-refractivity contribution in [1.82, 2.24) is 20.0 Å². The molecule has 126 valence electrons. The summed E-state index contributed by atoms with van der Waals surface area (Å²) in [6, 6.07) is 0.316. The molecule has 0 radical (unpaired) electrons. The zero-order valence-electron chi connectivity index (χ0n) is 12.9. The van der Waals surface area contributed by atoms with Crippen LogP contribution in [0.1, 0.15) is 43.7 Å². The highest BCUT2D eigenvalue weighted by molar-refractivity contribution is 5.32. The van der Waals surface area contributed by atoms with E-state index in [1.54, 1.807) is 11.1 Å². The van der Waals surface area contributed by atoms with Gasteiger partial charge in [-0.2, -0.15) is 13.9 Å². The SMILES string of the molecule is CC(C)n1cc([C@@H]2CN(c3nnc(C(F)F)o3)C[C@H]2CO)cn1. The fraction of sp³-hybridized carbons (Fsp3) is 0.643. The Hall–Kier alpha value is -2.03. The van der Waals surface area contributed by atoms with Gasteiger partial charge in [-0.05, 0) is 19.4 Å². The van der Waals surface area contributed by atoms with Crippen LogP contribution in [0.3, 0.4) is 0 Å². The highest BCUT2D eigenvalue weighted by atomic mass is 19.3. The molecule has 9 heteroatoms. The van der Waals surface area contributed by atoms with Gasteiger partial charge in [-0.15, -0.1) is 5.10 Å². The van der Waals surface area contributed by atoms with Gasteiger partial charge >= 0.3 is 12.4 Å². The number of anilines is 1. The molecule has 7 nitrogen and oxygen atoms in total. The van der Waals surface area contributed by atoms with Crippen LogP contribution in [-0.2, 0) is 0 Å². The number of aromatic nitrogens is 4. The van der Waals surface area contributed by atoms with Gasteiger partial charge in [0.05, 0.1) is 6.20 Å². The van der Waals surface area contributed by atoms with Crippen LogP contribution < -0.4 is 4.90 Å². The number of hydrogen-bond donors (Lipinski definition) is 1. The topological polar surface area (TPSA) is 80.2 Å². The standard InChI is InChI=1S/C14H19F2N5O2/c1-8(2)21-5-9(3-17-21)11-6-20(4-10(11)7-22)14-19-18-13(23-14)12(15)16/h3,5,8,10-12,22H,4,6-7H2,1-2H3/t10-,11-/m0/s1. The van der Waals surface area contributed by atoms with Crippen molar-refractivity contribution < 1.29 is 18.3 Å². The van der Waals surface area contributed by atoms with E-state index in [0.29, 0.717) is 13.1 Å². The molecule has 0 bridgehead atoms. The van der Waals surface area contributed by atoms with Crippen LogP contribution in [0.4, 0.5) is 14.8 Å². The van der Waals surface area contributed by atoms with Gasteiger partial charge in [-0.1, -0.05) is 5.10 Å². The summed E-state index contributed by atoms with van der Waals surface area (Å²) in [5.74, 6) is -0.687. The molecule has 0 unspecified atom stereocenters. The van der Waals surface area contributed by atoms with E-state index in [1.807, 2.05) is 24.7 Å². The first kappa shape index (κ1) is 15.9. The number of hydrogen-bond acceptors (Lipinski definition) is 6. The van der Waals surface area contributed by atoms with Gasteiger partial charge in [0.15, 0.2) is 0 Å². The van der Waals surface area contributed by atoms with E-state index in [2.05, 4.69) is 15.3 Å². The lowest BCUT2D eigenvalue weighted by Crippen LogP contribution is -2.20. The molecule has 1 aliphatic rings. The number of halogens is 2. The molecule has 0 amide bonds. The minimum atomic E-state index is -2.78. The summed E-state index contributed by atoms with van der Waals surface area (Å²) in [5.41, 5.74) is 1.01. The third-order valence-electron chi connectivity index (χ3n) is 4.14. The number of aliphatic hydroxyl groups is 1. The van der Waals surface area contributed by atoms with Crippen LogP contribution in [0.25, 0.3) is 0 Å². The Labute approximate surface area is 131 Å². The Morgan fingerprint density at radius 3 is 2.70 bits per heavy atom. The molecule has 2 aromatic rings. The largest absolute Gasteiger partial charge is 0.402 e. The molecule has 1 saturated heterocycles. The van der Waals surface area contributed by atoms with Crippen LogP contribution >= 0.6 is 0 Å². The Morgan fingerprint density at radius 1 is 1.35 bits per heavy atom. The average Bonchev–Trinajstić information content (AvgIpc) is 3.24. The number of aliphatic hydroxyl groups excluding tert-OH is 1. The van der Waals surface area contributed by atoms with Crippen molar-refractivity contribution in [3.05, 3.63) is 23.8 Å². The normalized spacial score (nSPS) is 21.8. The van der Waals surface area contributed by atoms with Crippen LogP contribution in [0.2, 0.25) is 0 Å². The lowest BCUT2D eigenvalue weighted by Gasteiger charge is -2.13. The van der Waals surface area contributed by atoms with E-state index in [1.165, 1.54) is 0 Å². The molecule has 1 N–H and O–H groups in total. The molecule has 1 aliphatic heterocycles. The van der Waals surface area contributed by atoms with E-state index in [4.69, 9.17) is 4.42 Å². The smallest absolute Gasteiger partial charge is 0.318 e. The van der Waals surface area contributed by atoms with Crippen molar-refractivity contribution in [3.8, 4) is 0 Å². The van der Waals surface area contributed by atoms with Crippen molar-refractivity contribution in [2.24, 2.45) is 5.92 Å². The van der Waals surface area contributed by atoms with Gasteiger partial charge in [-0.25, -0.2) is 0 Å². The second-order valence-corrected chi connectivity index (χ2v) is 6.03. The maximum absolute atomic E-state index is 12.6. The third kappa shape index (κ3) is 3.05. The van der Waals surface area contributed by atoms with Crippen molar-refractivity contribution in [1.29, 1.82) is 0 Å². The van der Waals surface area contributed by atoms with Gasteiger partial charge in [0.25, 0.3) is 5.89 Å². The summed E-state index contributed by atoms with van der Waals surface area (Å²) in [5, 5.41) is 21.0. The monoisotopic (exact) mass is 327 g/mol.